The molecule has 140 valence electrons. The molecule has 2 aliphatic carbocycles. The molecule has 0 bridgehead atoms. The number of nitrogens with zero attached hydrogens (tertiary/aromatic N) is 2. The molecule has 0 amide bonds. The zero-order valence-electron chi connectivity index (χ0n) is 16.3. The molecule has 2 saturated carbocycles. The number of carbonyl (C=O) groups excluding carboxylic acids is 2. The van der Waals surface area contributed by atoms with Crippen molar-refractivity contribution in [2.24, 2.45) is 45.5 Å². The zero-order chi connectivity index (χ0) is 18.4. The molecule has 0 spiro atoms. The maximum Gasteiger partial charge on any atom is 0.235 e. The highest BCUT2D eigenvalue weighted by atomic mass is 16.1. The monoisotopic (exact) mass is 346 g/mol. The number of hydrogen-bond acceptors (Lipinski definition) is 4. The van der Waals surface area contributed by atoms with Crippen LogP contribution in [0.4, 0.5) is 0 Å². The van der Waals surface area contributed by atoms with E-state index >= 15 is 0 Å². The van der Waals surface area contributed by atoms with Gasteiger partial charge >= 0.3 is 0 Å². The van der Waals surface area contributed by atoms with Crippen LogP contribution >= 0.6 is 0 Å². The Morgan fingerprint density at radius 3 is 1.48 bits per heavy atom. The lowest BCUT2D eigenvalue weighted by atomic mass is 9.65. The molecule has 0 heterocycles. The van der Waals surface area contributed by atoms with Crippen LogP contribution in [0.25, 0.3) is 0 Å². The van der Waals surface area contributed by atoms with Gasteiger partial charge < -0.3 is 0 Å². The Hall–Kier alpha value is -1.24. The summed E-state index contributed by atoms with van der Waals surface area (Å²) >= 11 is 0. The number of isocyanates is 2. The van der Waals surface area contributed by atoms with Crippen molar-refractivity contribution in [2.45, 2.75) is 84.7 Å². The molecule has 0 aromatic carbocycles. The summed E-state index contributed by atoms with van der Waals surface area (Å²) in [5, 5.41) is 0. The van der Waals surface area contributed by atoms with E-state index < -0.39 is 0 Å². The van der Waals surface area contributed by atoms with Crippen molar-refractivity contribution in [2.75, 3.05) is 0 Å². The highest BCUT2D eigenvalue weighted by Gasteiger charge is 2.39. The average Bonchev–Trinajstić information content (AvgIpc) is 2.59. The van der Waals surface area contributed by atoms with Gasteiger partial charge in [-0.1, -0.05) is 40.5 Å². The number of aliphatic imine (C=N–C) groups is 2. The van der Waals surface area contributed by atoms with Gasteiger partial charge in [0.1, 0.15) is 0 Å². The maximum absolute atomic E-state index is 10.7. The van der Waals surface area contributed by atoms with Crippen molar-refractivity contribution in [3.8, 4) is 0 Å². The predicted octanol–water partition coefficient (Wildman–Crippen LogP) is 4.93. The normalized spacial score (nSPS) is 41.4. The summed E-state index contributed by atoms with van der Waals surface area (Å²) in [6.45, 7) is 8.91. The highest BCUT2D eigenvalue weighted by Crippen LogP contribution is 2.44. The molecule has 0 radical (unpaired) electrons. The molecule has 0 aromatic heterocycles. The van der Waals surface area contributed by atoms with E-state index in [9.17, 15) is 9.59 Å². The van der Waals surface area contributed by atoms with E-state index in [1.807, 2.05) is 0 Å². The largest absolute Gasteiger partial charge is 0.235 e. The molecule has 2 rings (SSSR count). The highest BCUT2D eigenvalue weighted by molar-refractivity contribution is 5.34. The van der Waals surface area contributed by atoms with Crippen molar-refractivity contribution >= 4 is 12.2 Å². The van der Waals surface area contributed by atoms with Crippen molar-refractivity contribution in [1.82, 2.24) is 0 Å². The van der Waals surface area contributed by atoms with Gasteiger partial charge in [-0.3, -0.25) is 0 Å². The summed E-state index contributed by atoms with van der Waals surface area (Å²) in [5.74, 6) is 3.45. The minimum Gasteiger partial charge on any atom is -0.211 e. The molecule has 0 aromatic rings. The smallest absolute Gasteiger partial charge is 0.211 e. The Labute approximate surface area is 152 Å². The van der Waals surface area contributed by atoms with Gasteiger partial charge in [-0.2, -0.15) is 0 Å². The summed E-state index contributed by atoms with van der Waals surface area (Å²) in [5.41, 5.74) is 0. The topological polar surface area (TPSA) is 58.9 Å². The van der Waals surface area contributed by atoms with Gasteiger partial charge in [0.2, 0.25) is 12.2 Å². The molecule has 8 unspecified atom stereocenters. The Morgan fingerprint density at radius 1 is 0.760 bits per heavy atom. The second kappa shape index (κ2) is 9.46. The molecule has 4 nitrogen and oxygen atoms in total. The van der Waals surface area contributed by atoms with E-state index in [4.69, 9.17) is 0 Å². The van der Waals surface area contributed by atoms with Gasteiger partial charge in [0.25, 0.3) is 0 Å². The summed E-state index contributed by atoms with van der Waals surface area (Å²) in [4.78, 5) is 29.7. The Balaban J connectivity index is 2.00. The molecular weight excluding hydrogens is 312 g/mol. The van der Waals surface area contributed by atoms with Crippen LogP contribution < -0.4 is 0 Å². The van der Waals surface area contributed by atoms with Gasteiger partial charge in [-0.15, -0.1) is 0 Å². The fourth-order valence-electron chi connectivity index (χ4n) is 5.85. The quantitative estimate of drug-likeness (QED) is 0.506. The van der Waals surface area contributed by atoms with E-state index in [1.54, 1.807) is 12.2 Å². The van der Waals surface area contributed by atoms with Gasteiger partial charge in [0, 0.05) is 0 Å². The Bertz CT molecular complexity index is 476. The first-order valence-corrected chi connectivity index (χ1v) is 10.2. The lowest BCUT2D eigenvalue weighted by molar-refractivity contribution is 0.107. The third kappa shape index (κ3) is 4.90. The van der Waals surface area contributed by atoms with Gasteiger partial charge in [-0.25, -0.2) is 19.6 Å². The molecule has 4 heteroatoms. The van der Waals surface area contributed by atoms with Crippen LogP contribution in [0, 0.1) is 35.5 Å². The van der Waals surface area contributed by atoms with Crippen molar-refractivity contribution in [3.05, 3.63) is 0 Å². The second-order valence-electron chi connectivity index (χ2n) is 8.62. The minimum absolute atomic E-state index is 0.165. The fraction of sp³-hybridized carbons (Fsp3) is 0.905. The fourth-order valence-corrected chi connectivity index (χ4v) is 5.85. The maximum atomic E-state index is 10.7. The first-order valence-electron chi connectivity index (χ1n) is 10.2. The lowest BCUT2D eigenvalue weighted by Crippen LogP contribution is -2.38. The van der Waals surface area contributed by atoms with Gasteiger partial charge in [0.15, 0.2) is 0 Å². The molecule has 2 aliphatic rings. The van der Waals surface area contributed by atoms with Crippen LogP contribution in [-0.4, -0.2) is 24.2 Å². The minimum atomic E-state index is 0.165. The van der Waals surface area contributed by atoms with Crippen LogP contribution in [-0.2, 0) is 9.59 Å². The molecule has 0 saturated heterocycles. The first-order chi connectivity index (χ1) is 12.0. The van der Waals surface area contributed by atoms with E-state index in [2.05, 4.69) is 37.7 Å². The van der Waals surface area contributed by atoms with E-state index in [0.29, 0.717) is 23.7 Å². The summed E-state index contributed by atoms with van der Waals surface area (Å²) < 4.78 is 0. The number of rotatable bonds is 6. The molecule has 0 N–H and O–H groups in total. The standard InChI is InChI=1S/C21H34N2O2/c1-5-18-10-16(7-14(3)20(18)22-12-24)9-17-8-15(4)21(23-13-25)19(6-2)11-17/h14-21H,5-11H2,1-4H3. The van der Waals surface area contributed by atoms with Crippen LogP contribution in [0.1, 0.15) is 72.6 Å². The first kappa shape index (κ1) is 20.1. The summed E-state index contributed by atoms with van der Waals surface area (Å²) in [7, 11) is 0. The van der Waals surface area contributed by atoms with Crippen molar-refractivity contribution < 1.29 is 9.59 Å². The van der Waals surface area contributed by atoms with Crippen LogP contribution in [0.15, 0.2) is 9.98 Å². The summed E-state index contributed by atoms with van der Waals surface area (Å²) in [6, 6.07) is 0.331. The Morgan fingerprint density at radius 2 is 1.16 bits per heavy atom. The third-order valence-electron chi connectivity index (χ3n) is 6.93. The third-order valence-corrected chi connectivity index (χ3v) is 6.93. The second-order valence-corrected chi connectivity index (χ2v) is 8.62. The van der Waals surface area contributed by atoms with Crippen LogP contribution in [0.2, 0.25) is 0 Å². The van der Waals surface area contributed by atoms with Crippen LogP contribution in [0.3, 0.4) is 0 Å². The van der Waals surface area contributed by atoms with E-state index in [-0.39, 0.29) is 12.1 Å². The SMILES string of the molecule is CCC1CC(CC2CC(C)C(N=C=O)C(CC)C2)CC(C)C1N=C=O. The molecular formula is C21H34N2O2. The van der Waals surface area contributed by atoms with Crippen molar-refractivity contribution in [1.29, 1.82) is 0 Å². The van der Waals surface area contributed by atoms with Crippen LogP contribution in [0.5, 0.6) is 0 Å². The lowest BCUT2D eigenvalue weighted by Gasteiger charge is -2.42. The predicted molar refractivity (Wildman–Crippen MR) is 99.8 cm³/mol. The zero-order valence-corrected chi connectivity index (χ0v) is 16.3. The Kier molecular flexibility index (Phi) is 7.59. The van der Waals surface area contributed by atoms with E-state index in [0.717, 1.165) is 24.7 Å². The molecule has 25 heavy (non-hydrogen) atoms. The molecule has 2 fully saturated rings. The van der Waals surface area contributed by atoms with E-state index in [1.165, 1.54) is 32.1 Å². The molecule has 8 atom stereocenters. The van der Waals surface area contributed by atoms with Gasteiger partial charge in [0.05, 0.1) is 12.1 Å². The summed E-state index contributed by atoms with van der Waals surface area (Å²) in [6.07, 6.45) is 11.8. The molecule has 0 aliphatic heterocycles. The average molecular weight is 347 g/mol. The van der Waals surface area contributed by atoms with Gasteiger partial charge in [-0.05, 0) is 67.6 Å². The number of hydrogen-bond donors (Lipinski definition) is 0. The van der Waals surface area contributed by atoms with Crippen molar-refractivity contribution in [3.63, 3.8) is 0 Å².